The number of carboxylic acids is 1. The Bertz CT molecular complexity index is 625. The number of imidazole rings is 1. The average molecular weight is 277 g/mol. The molecular weight excluding hydrogens is 262 g/mol. The van der Waals surface area contributed by atoms with Crippen molar-refractivity contribution in [2.45, 2.75) is 12.1 Å². The normalized spacial score (nSPS) is 23.6. The van der Waals surface area contributed by atoms with Gasteiger partial charge < -0.3 is 9.67 Å². The Balaban J connectivity index is 1.95. The quantitative estimate of drug-likeness (QED) is 0.868. The largest absolute Gasteiger partial charge is 0.480 e. The Morgan fingerprint density at radius 3 is 3.00 bits per heavy atom. The van der Waals surface area contributed by atoms with Gasteiger partial charge in [-0.15, -0.1) is 0 Å². The topological polar surface area (TPSA) is 67.2 Å². The van der Waals surface area contributed by atoms with Crippen LogP contribution in [0.1, 0.15) is 11.9 Å². The molecule has 1 aliphatic rings. The summed E-state index contributed by atoms with van der Waals surface area (Å²) in [6, 6.07) is 7.43. The molecule has 0 aliphatic carbocycles. The van der Waals surface area contributed by atoms with Gasteiger partial charge in [-0.1, -0.05) is 12.1 Å². The predicted molar refractivity (Wildman–Crippen MR) is 75.3 cm³/mol. The van der Waals surface area contributed by atoms with Crippen molar-refractivity contribution < 1.29 is 9.90 Å². The number of benzene rings is 1. The molecule has 2 heterocycles. The van der Waals surface area contributed by atoms with Crippen molar-refractivity contribution in [3.05, 3.63) is 30.1 Å². The minimum absolute atomic E-state index is 0.0164. The van der Waals surface area contributed by atoms with Gasteiger partial charge >= 0.3 is 5.97 Å². The summed E-state index contributed by atoms with van der Waals surface area (Å²) in [7, 11) is 1.97. The van der Waals surface area contributed by atoms with E-state index >= 15 is 0 Å². The second-order valence-electron chi connectivity index (χ2n) is 4.67. The second kappa shape index (κ2) is 4.86. The highest BCUT2D eigenvalue weighted by molar-refractivity contribution is 7.99. The lowest BCUT2D eigenvalue weighted by molar-refractivity contribution is -0.139. The van der Waals surface area contributed by atoms with E-state index in [-0.39, 0.29) is 6.04 Å². The summed E-state index contributed by atoms with van der Waals surface area (Å²) in [6.45, 7) is 0. The van der Waals surface area contributed by atoms with Gasteiger partial charge in [-0.25, -0.2) is 4.98 Å². The summed E-state index contributed by atoms with van der Waals surface area (Å²) in [4.78, 5) is 15.7. The van der Waals surface area contributed by atoms with Crippen LogP contribution in [0, 0.1) is 0 Å². The van der Waals surface area contributed by atoms with E-state index in [1.807, 2.05) is 35.9 Å². The average Bonchev–Trinajstić information content (AvgIpc) is 2.77. The molecule has 1 saturated heterocycles. The number of carbonyl (C=O) groups is 1. The third-order valence-electron chi connectivity index (χ3n) is 3.40. The van der Waals surface area contributed by atoms with Crippen LogP contribution >= 0.6 is 11.8 Å². The van der Waals surface area contributed by atoms with Gasteiger partial charge in [0.15, 0.2) is 0 Å². The summed E-state index contributed by atoms with van der Waals surface area (Å²) in [5, 5.41) is 12.3. The fourth-order valence-corrected chi connectivity index (χ4v) is 3.50. The first-order valence-electron chi connectivity index (χ1n) is 6.15. The number of hydrogen-bond acceptors (Lipinski definition) is 4. The summed E-state index contributed by atoms with van der Waals surface area (Å²) in [6.07, 6.45) is 0. The molecule has 5 nitrogen and oxygen atoms in total. The molecule has 2 N–H and O–H groups in total. The molecule has 1 aliphatic heterocycles. The minimum atomic E-state index is -0.795. The highest BCUT2D eigenvalue weighted by atomic mass is 32.2. The van der Waals surface area contributed by atoms with E-state index in [0.29, 0.717) is 5.75 Å². The number of hydrogen-bond donors (Lipinski definition) is 2. The third-order valence-corrected chi connectivity index (χ3v) is 4.54. The second-order valence-corrected chi connectivity index (χ2v) is 5.74. The van der Waals surface area contributed by atoms with E-state index < -0.39 is 12.0 Å². The zero-order chi connectivity index (χ0) is 13.4. The first-order chi connectivity index (χ1) is 9.16. The lowest BCUT2D eigenvalue weighted by atomic mass is 10.2. The van der Waals surface area contributed by atoms with Crippen molar-refractivity contribution in [1.29, 1.82) is 0 Å². The van der Waals surface area contributed by atoms with Crippen LogP contribution in [0.15, 0.2) is 24.3 Å². The third kappa shape index (κ3) is 2.21. The molecule has 1 aromatic carbocycles. The number of aliphatic carboxylic acids is 1. The molecule has 3 rings (SSSR count). The van der Waals surface area contributed by atoms with E-state index in [9.17, 15) is 4.79 Å². The van der Waals surface area contributed by atoms with Crippen LogP contribution in [0.25, 0.3) is 11.0 Å². The predicted octanol–water partition coefficient (Wildman–Crippen LogP) is 1.40. The number of aryl methyl sites for hydroxylation is 1. The Morgan fingerprint density at radius 2 is 2.26 bits per heavy atom. The fourth-order valence-electron chi connectivity index (χ4n) is 2.41. The zero-order valence-electron chi connectivity index (χ0n) is 10.5. The molecule has 19 heavy (non-hydrogen) atoms. The molecule has 2 aromatic rings. The van der Waals surface area contributed by atoms with E-state index in [4.69, 9.17) is 5.11 Å². The minimum Gasteiger partial charge on any atom is -0.480 e. The van der Waals surface area contributed by atoms with E-state index in [0.717, 1.165) is 22.6 Å². The number of nitrogens with one attached hydrogen (secondary N) is 1. The molecule has 1 aromatic heterocycles. The molecule has 2 unspecified atom stereocenters. The van der Waals surface area contributed by atoms with Gasteiger partial charge in [-0.2, -0.15) is 11.8 Å². The number of carboxylic acid groups (broad SMARTS) is 1. The molecule has 0 bridgehead atoms. The molecule has 0 amide bonds. The fraction of sp³-hybridized carbons (Fsp3) is 0.385. The summed E-state index contributed by atoms with van der Waals surface area (Å²) in [5.41, 5.74) is 2.02. The maximum Gasteiger partial charge on any atom is 0.321 e. The molecule has 2 atom stereocenters. The van der Waals surface area contributed by atoms with Crippen molar-refractivity contribution >= 4 is 28.8 Å². The summed E-state index contributed by atoms with van der Waals surface area (Å²) >= 11 is 1.66. The molecule has 100 valence electrons. The van der Waals surface area contributed by atoms with Crippen LogP contribution in [0.4, 0.5) is 0 Å². The number of rotatable bonds is 2. The maximum absolute atomic E-state index is 11.1. The molecular formula is C13H15N3O2S. The Kier molecular flexibility index (Phi) is 3.20. The molecule has 6 heteroatoms. The first-order valence-corrected chi connectivity index (χ1v) is 7.30. The summed E-state index contributed by atoms with van der Waals surface area (Å²) in [5.74, 6) is 1.56. The van der Waals surface area contributed by atoms with Gasteiger partial charge in [0.2, 0.25) is 0 Å². The Labute approximate surface area is 115 Å². The number of para-hydroxylation sites is 2. The van der Waals surface area contributed by atoms with Crippen molar-refractivity contribution in [2.24, 2.45) is 7.05 Å². The highest BCUT2D eigenvalue weighted by Gasteiger charge is 2.29. The van der Waals surface area contributed by atoms with E-state index in [1.54, 1.807) is 11.8 Å². The monoisotopic (exact) mass is 277 g/mol. The van der Waals surface area contributed by atoms with E-state index in [1.165, 1.54) is 0 Å². The van der Waals surface area contributed by atoms with Crippen LogP contribution in [0.3, 0.4) is 0 Å². The lowest BCUT2D eigenvalue weighted by Gasteiger charge is -2.27. The Morgan fingerprint density at radius 1 is 1.47 bits per heavy atom. The van der Waals surface area contributed by atoms with Gasteiger partial charge in [-0.05, 0) is 12.1 Å². The highest BCUT2D eigenvalue weighted by Crippen LogP contribution is 2.26. The van der Waals surface area contributed by atoms with E-state index in [2.05, 4.69) is 10.3 Å². The van der Waals surface area contributed by atoms with Crippen LogP contribution in [-0.4, -0.2) is 38.2 Å². The van der Waals surface area contributed by atoms with Crippen molar-refractivity contribution in [2.75, 3.05) is 11.5 Å². The number of thioether (sulfide) groups is 1. The molecule has 0 spiro atoms. The number of nitrogens with zero attached hydrogens (tertiary/aromatic N) is 2. The standard InChI is InChI=1S/C13H15N3O2S/c1-16-11-5-3-2-4-8(11)15-12(16)9-6-19-7-10(14-9)13(17)18/h2-5,9-10,14H,6-7H2,1H3,(H,17,18). The summed E-state index contributed by atoms with van der Waals surface area (Å²) < 4.78 is 2.04. The molecule has 0 radical (unpaired) electrons. The molecule has 1 fully saturated rings. The smallest absolute Gasteiger partial charge is 0.321 e. The van der Waals surface area contributed by atoms with Gasteiger partial charge in [-0.3, -0.25) is 10.1 Å². The zero-order valence-corrected chi connectivity index (χ0v) is 11.4. The lowest BCUT2D eigenvalue weighted by Crippen LogP contribution is -2.45. The number of aromatic nitrogens is 2. The Hall–Kier alpha value is -1.53. The first kappa shape index (κ1) is 12.5. The SMILES string of the molecule is Cn1c(C2CSCC(C(=O)O)N2)nc2ccccc21. The van der Waals surface area contributed by atoms with Crippen LogP contribution in [-0.2, 0) is 11.8 Å². The van der Waals surface area contributed by atoms with Gasteiger partial charge in [0, 0.05) is 18.6 Å². The van der Waals surface area contributed by atoms with Gasteiger partial charge in [0.05, 0.1) is 17.1 Å². The van der Waals surface area contributed by atoms with Crippen LogP contribution in [0.2, 0.25) is 0 Å². The van der Waals surface area contributed by atoms with Gasteiger partial charge in [0.25, 0.3) is 0 Å². The van der Waals surface area contributed by atoms with Crippen molar-refractivity contribution in [3.8, 4) is 0 Å². The maximum atomic E-state index is 11.1. The van der Waals surface area contributed by atoms with Crippen LogP contribution in [0.5, 0.6) is 0 Å². The van der Waals surface area contributed by atoms with Crippen molar-refractivity contribution in [1.82, 2.24) is 14.9 Å². The van der Waals surface area contributed by atoms with Gasteiger partial charge in [0.1, 0.15) is 11.9 Å². The molecule has 0 saturated carbocycles. The van der Waals surface area contributed by atoms with Crippen LogP contribution < -0.4 is 5.32 Å². The number of fused-ring (bicyclic) bond motifs is 1. The van der Waals surface area contributed by atoms with Crippen molar-refractivity contribution in [3.63, 3.8) is 0 Å².